The van der Waals surface area contributed by atoms with Gasteiger partial charge < -0.3 is 21.1 Å². The highest BCUT2D eigenvalue weighted by Gasteiger charge is 2.15. The molecule has 0 atom stereocenters. The van der Waals surface area contributed by atoms with Crippen molar-refractivity contribution in [3.8, 4) is 0 Å². The predicted octanol–water partition coefficient (Wildman–Crippen LogP) is 3.15. The SMILES string of the molecule is CC(C)NC(=O)c1ccccc1Nc1nc(Nc2ccc(CS(=O)(=O)CCO)cc2)ncc1F. The highest BCUT2D eigenvalue weighted by atomic mass is 32.2. The summed E-state index contributed by atoms with van der Waals surface area (Å²) in [5.41, 5.74) is 1.86. The molecule has 0 saturated heterocycles. The third-order valence-corrected chi connectivity index (χ3v) is 6.17. The molecule has 1 amide bonds. The minimum atomic E-state index is -3.39. The Labute approximate surface area is 197 Å². The van der Waals surface area contributed by atoms with Gasteiger partial charge in [-0.1, -0.05) is 24.3 Å². The number of amides is 1. The van der Waals surface area contributed by atoms with Gasteiger partial charge in [0.25, 0.3) is 5.91 Å². The summed E-state index contributed by atoms with van der Waals surface area (Å²) in [7, 11) is -3.39. The molecule has 34 heavy (non-hydrogen) atoms. The van der Waals surface area contributed by atoms with Crippen LogP contribution in [0.2, 0.25) is 0 Å². The van der Waals surface area contributed by atoms with Gasteiger partial charge in [-0.3, -0.25) is 4.79 Å². The van der Waals surface area contributed by atoms with Crippen molar-refractivity contribution in [1.82, 2.24) is 15.3 Å². The van der Waals surface area contributed by atoms with Crippen LogP contribution in [0.1, 0.15) is 29.8 Å². The van der Waals surface area contributed by atoms with E-state index in [4.69, 9.17) is 5.11 Å². The number of aliphatic hydroxyl groups excluding tert-OH is 1. The highest BCUT2D eigenvalue weighted by molar-refractivity contribution is 7.90. The second kappa shape index (κ2) is 11.0. The third-order valence-electron chi connectivity index (χ3n) is 4.59. The molecule has 3 rings (SSSR count). The smallest absolute Gasteiger partial charge is 0.253 e. The predicted molar refractivity (Wildman–Crippen MR) is 129 cm³/mol. The summed E-state index contributed by atoms with van der Waals surface area (Å²) in [6.45, 7) is 3.26. The maximum absolute atomic E-state index is 14.4. The number of aromatic nitrogens is 2. The van der Waals surface area contributed by atoms with Crippen molar-refractivity contribution in [2.24, 2.45) is 0 Å². The molecule has 1 heterocycles. The molecular formula is C23H26FN5O4S. The fourth-order valence-corrected chi connectivity index (χ4v) is 4.17. The quantitative estimate of drug-likeness (QED) is 0.343. The number of anilines is 4. The Kier molecular flexibility index (Phi) is 8.13. The number of benzene rings is 2. The first-order chi connectivity index (χ1) is 16.2. The van der Waals surface area contributed by atoms with Crippen LogP contribution >= 0.6 is 0 Å². The van der Waals surface area contributed by atoms with Gasteiger partial charge in [-0.25, -0.2) is 17.8 Å². The maximum Gasteiger partial charge on any atom is 0.253 e. The second-order valence-electron chi connectivity index (χ2n) is 7.83. The van der Waals surface area contributed by atoms with Crippen LogP contribution in [-0.2, 0) is 15.6 Å². The van der Waals surface area contributed by atoms with Crippen LogP contribution in [0.3, 0.4) is 0 Å². The Hall–Kier alpha value is -3.57. The zero-order chi connectivity index (χ0) is 24.7. The van der Waals surface area contributed by atoms with Crippen molar-refractivity contribution in [1.29, 1.82) is 0 Å². The van der Waals surface area contributed by atoms with Gasteiger partial charge in [0.05, 0.1) is 35.6 Å². The number of aliphatic hydroxyl groups is 1. The minimum absolute atomic E-state index is 0.0617. The van der Waals surface area contributed by atoms with E-state index < -0.39 is 22.3 Å². The molecule has 0 unspecified atom stereocenters. The first kappa shape index (κ1) is 25.1. The van der Waals surface area contributed by atoms with Gasteiger partial charge in [-0.05, 0) is 43.7 Å². The van der Waals surface area contributed by atoms with Gasteiger partial charge in [0.2, 0.25) is 5.95 Å². The molecule has 0 radical (unpaired) electrons. The molecule has 4 N–H and O–H groups in total. The summed E-state index contributed by atoms with van der Waals surface area (Å²) in [6.07, 6.45) is 1.00. The van der Waals surface area contributed by atoms with E-state index in [9.17, 15) is 17.6 Å². The molecule has 9 nitrogen and oxygen atoms in total. The normalized spacial score (nSPS) is 11.3. The zero-order valence-corrected chi connectivity index (χ0v) is 19.6. The topological polar surface area (TPSA) is 133 Å². The number of carbonyl (C=O) groups excluding carboxylic acids is 1. The van der Waals surface area contributed by atoms with E-state index in [1.54, 1.807) is 48.5 Å². The van der Waals surface area contributed by atoms with E-state index in [1.807, 2.05) is 13.8 Å². The molecule has 0 aliphatic carbocycles. The fraction of sp³-hybridized carbons (Fsp3) is 0.261. The van der Waals surface area contributed by atoms with Crippen LogP contribution in [-0.4, -0.2) is 47.8 Å². The van der Waals surface area contributed by atoms with E-state index in [0.29, 0.717) is 22.5 Å². The zero-order valence-electron chi connectivity index (χ0n) is 18.7. The van der Waals surface area contributed by atoms with Crippen molar-refractivity contribution in [3.05, 3.63) is 71.7 Å². The molecule has 2 aromatic carbocycles. The standard InChI is InChI=1S/C23H26FN5O4S/c1-15(2)26-22(31)18-5-3-4-6-20(18)28-21-19(24)13-25-23(29-21)27-17-9-7-16(8-10-17)14-34(32,33)12-11-30/h3-10,13,15,30H,11-12,14H2,1-2H3,(H,26,31)(H2,25,27,28,29). The van der Waals surface area contributed by atoms with Crippen molar-refractivity contribution in [2.45, 2.75) is 25.6 Å². The van der Waals surface area contributed by atoms with Crippen LogP contribution in [0.5, 0.6) is 0 Å². The lowest BCUT2D eigenvalue weighted by atomic mass is 10.1. The van der Waals surface area contributed by atoms with E-state index in [0.717, 1.165) is 6.20 Å². The summed E-state index contributed by atoms with van der Waals surface area (Å²) in [6, 6.07) is 13.2. The van der Waals surface area contributed by atoms with E-state index >= 15 is 0 Å². The monoisotopic (exact) mass is 487 g/mol. The molecule has 0 bridgehead atoms. The molecule has 0 spiro atoms. The number of rotatable bonds is 10. The number of sulfone groups is 1. The Morgan fingerprint density at radius 2 is 1.79 bits per heavy atom. The van der Waals surface area contributed by atoms with Crippen LogP contribution in [0, 0.1) is 5.82 Å². The average Bonchev–Trinajstić information content (AvgIpc) is 2.77. The molecule has 3 aromatic rings. The number of nitrogens with one attached hydrogen (secondary N) is 3. The number of para-hydroxylation sites is 1. The lowest BCUT2D eigenvalue weighted by Crippen LogP contribution is -2.30. The van der Waals surface area contributed by atoms with Gasteiger partial charge in [-0.15, -0.1) is 0 Å². The third kappa shape index (κ3) is 6.96. The average molecular weight is 488 g/mol. The Morgan fingerprint density at radius 1 is 1.09 bits per heavy atom. The number of nitrogens with zero attached hydrogens (tertiary/aromatic N) is 2. The molecule has 0 saturated carbocycles. The lowest BCUT2D eigenvalue weighted by molar-refractivity contribution is 0.0944. The Bertz CT molecular complexity index is 1250. The Balaban J connectivity index is 1.76. The van der Waals surface area contributed by atoms with Crippen LogP contribution < -0.4 is 16.0 Å². The van der Waals surface area contributed by atoms with Crippen molar-refractivity contribution < 1.29 is 22.7 Å². The fourth-order valence-electron chi connectivity index (χ4n) is 3.05. The lowest BCUT2D eigenvalue weighted by Gasteiger charge is -2.14. The minimum Gasteiger partial charge on any atom is -0.395 e. The molecule has 0 aliphatic heterocycles. The van der Waals surface area contributed by atoms with Gasteiger partial charge in [-0.2, -0.15) is 4.98 Å². The number of hydrogen-bond donors (Lipinski definition) is 4. The largest absolute Gasteiger partial charge is 0.395 e. The second-order valence-corrected chi connectivity index (χ2v) is 10.0. The highest BCUT2D eigenvalue weighted by Crippen LogP contribution is 2.23. The van der Waals surface area contributed by atoms with E-state index in [1.165, 1.54) is 0 Å². The van der Waals surface area contributed by atoms with Crippen LogP contribution in [0.15, 0.2) is 54.7 Å². The molecule has 11 heteroatoms. The molecule has 1 aromatic heterocycles. The first-order valence-corrected chi connectivity index (χ1v) is 12.4. The number of carbonyl (C=O) groups is 1. The summed E-state index contributed by atoms with van der Waals surface area (Å²) in [4.78, 5) is 20.6. The summed E-state index contributed by atoms with van der Waals surface area (Å²) < 4.78 is 38.1. The molecule has 0 fully saturated rings. The van der Waals surface area contributed by atoms with Gasteiger partial charge in [0.1, 0.15) is 0 Å². The van der Waals surface area contributed by atoms with Crippen LogP contribution in [0.4, 0.5) is 27.5 Å². The summed E-state index contributed by atoms with van der Waals surface area (Å²) in [5, 5.41) is 17.4. The van der Waals surface area contributed by atoms with E-state index in [-0.39, 0.29) is 35.2 Å². The van der Waals surface area contributed by atoms with Crippen molar-refractivity contribution in [3.63, 3.8) is 0 Å². The van der Waals surface area contributed by atoms with Gasteiger partial charge in [0, 0.05) is 11.7 Å². The van der Waals surface area contributed by atoms with Crippen molar-refractivity contribution >= 4 is 38.9 Å². The molecule has 180 valence electrons. The maximum atomic E-state index is 14.4. The van der Waals surface area contributed by atoms with Crippen molar-refractivity contribution in [2.75, 3.05) is 23.0 Å². The van der Waals surface area contributed by atoms with Gasteiger partial charge in [0.15, 0.2) is 21.5 Å². The molecular weight excluding hydrogens is 461 g/mol. The van der Waals surface area contributed by atoms with Crippen LogP contribution in [0.25, 0.3) is 0 Å². The number of halogens is 1. The Morgan fingerprint density at radius 3 is 2.47 bits per heavy atom. The first-order valence-electron chi connectivity index (χ1n) is 10.5. The number of hydrogen-bond acceptors (Lipinski definition) is 8. The van der Waals surface area contributed by atoms with E-state index in [2.05, 4.69) is 25.9 Å². The summed E-state index contributed by atoms with van der Waals surface area (Å²) >= 11 is 0. The molecule has 0 aliphatic rings. The summed E-state index contributed by atoms with van der Waals surface area (Å²) in [5.74, 6) is -1.49. The van der Waals surface area contributed by atoms with Gasteiger partial charge >= 0.3 is 0 Å².